The van der Waals surface area contributed by atoms with Gasteiger partial charge < -0.3 is 16.4 Å². The van der Waals surface area contributed by atoms with Gasteiger partial charge in [0.05, 0.1) is 5.54 Å². The van der Waals surface area contributed by atoms with Gasteiger partial charge in [-0.3, -0.25) is 0 Å². The summed E-state index contributed by atoms with van der Waals surface area (Å²) in [6.07, 6.45) is 5.47. The van der Waals surface area contributed by atoms with Crippen LogP contribution in [0.15, 0.2) is 24.3 Å². The predicted octanol–water partition coefficient (Wildman–Crippen LogP) is 2.78. The zero-order chi connectivity index (χ0) is 13.7. The summed E-state index contributed by atoms with van der Waals surface area (Å²) in [4.78, 5) is 12.1. The molecule has 0 radical (unpaired) electrons. The zero-order valence-corrected chi connectivity index (χ0v) is 11.5. The fourth-order valence-corrected chi connectivity index (χ4v) is 2.73. The fraction of sp³-hybridized carbons (Fsp3) is 0.533. The summed E-state index contributed by atoms with van der Waals surface area (Å²) in [5.74, 6) is 0. The van der Waals surface area contributed by atoms with Crippen molar-refractivity contribution in [2.45, 2.75) is 44.6 Å². The third-order valence-corrected chi connectivity index (χ3v) is 3.86. The number of carbonyl (C=O) groups is 1. The van der Waals surface area contributed by atoms with Crippen LogP contribution in [-0.2, 0) is 0 Å². The molecule has 1 aliphatic rings. The van der Waals surface area contributed by atoms with Gasteiger partial charge >= 0.3 is 6.03 Å². The van der Waals surface area contributed by atoms with Gasteiger partial charge in [0.1, 0.15) is 0 Å². The fourth-order valence-electron chi connectivity index (χ4n) is 2.73. The molecule has 2 amide bonds. The Morgan fingerprint density at radius 3 is 2.68 bits per heavy atom. The first-order valence-electron chi connectivity index (χ1n) is 6.99. The number of carbonyl (C=O) groups excluding carboxylic acids is 1. The molecule has 104 valence electrons. The highest BCUT2D eigenvalue weighted by Gasteiger charge is 2.32. The molecule has 1 saturated carbocycles. The van der Waals surface area contributed by atoms with Crippen LogP contribution in [0.5, 0.6) is 0 Å². The number of anilines is 1. The van der Waals surface area contributed by atoms with Crippen LogP contribution in [0.1, 0.15) is 37.7 Å². The number of hydrogen-bond acceptors (Lipinski definition) is 2. The van der Waals surface area contributed by atoms with Crippen molar-refractivity contribution in [2.24, 2.45) is 5.73 Å². The van der Waals surface area contributed by atoms with Crippen molar-refractivity contribution in [3.63, 3.8) is 0 Å². The highest BCUT2D eigenvalue weighted by molar-refractivity contribution is 5.89. The van der Waals surface area contributed by atoms with Crippen LogP contribution in [0, 0.1) is 6.92 Å². The average molecular weight is 261 g/mol. The molecule has 1 aromatic rings. The number of aryl methyl sites for hydroxylation is 1. The van der Waals surface area contributed by atoms with Crippen molar-refractivity contribution < 1.29 is 4.79 Å². The number of rotatable bonds is 3. The summed E-state index contributed by atoms with van der Waals surface area (Å²) < 4.78 is 0. The molecule has 4 heteroatoms. The predicted molar refractivity (Wildman–Crippen MR) is 78.2 cm³/mol. The number of amides is 2. The molecule has 0 atom stereocenters. The maximum Gasteiger partial charge on any atom is 0.319 e. The summed E-state index contributed by atoms with van der Waals surface area (Å²) in [6, 6.07) is 7.63. The van der Waals surface area contributed by atoms with Crippen LogP contribution in [0.25, 0.3) is 0 Å². The van der Waals surface area contributed by atoms with E-state index < -0.39 is 0 Å². The molecular weight excluding hydrogens is 238 g/mol. The van der Waals surface area contributed by atoms with Gasteiger partial charge in [-0.15, -0.1) is 0 Å². The molecule has 4 N–H and O–H groups in total. The third-order valence-electron chi connectivity index (χ3n) is 3.86. The Balaban J connectivity index is 1.96. The SMILES string of the molecule is Cc1cccc(NC(=O)NC2(CN)CCCCC2)c1. The highest BCUT2D eigenvalue weighted by Crippen LogP contribution is 2.27. The Kier molecular flexibility index (Phi) is 4.43. The molecule has 0 aromatic heterocycles. The van der Waals surface area contributed by atoms with Gasteiger partial charge in [0.2, 0.25) is 0 Å². The lowest BCUT2D eigenvalue weighted by Crippen LogP contribution is -2.55. The zero-order valence-electron chi connectivity index (χ0n) is 11.5. The molecule has 1 aliphatic carbocycles. The van der Waals surface area contributed by atoms with Gasteiger partial charge in [-0.1, -0.05) is 31.4 Å². The first kappa shape index (κ1) is 13.9. The van der Waals surface area contributed by atoms with E-state index in [0.29, 0.717) is 6.54 Å². The number of hydrogen-bond donors (Lipinski definition) is 3. The van der Waals surface area contributed by atoms with Gasteiger partial charge in [-0.25, -0.2) is 4.79 Å². The van der Waals surface area contributed by atoms with Crippen LogP contribution in [0.4, 0.5) is 10.5 Å². The van der Waals surface area contributed by atoms with Crippen molar-refractivity contribution in [3.05, 3.63) is 29.8 Å². The second-order valence-corrected chi connectivity index (χ2v) is 5.49. The summed E-state index contributed by atoms with van der Waals surface area (Å²) in [7, 11) is 0. The molecule has 0 aliphatic heterocycles. The summed E-state index contributed by atoms with van der Waals surface area (Å²) in [6.45, 7) is 2.51. The molecule has 0 spiro atoms. The normalized spacial score (nSPS) is 17.8. The van der Waals surface area contributed by atoms with Gasteiger partial charge in [0, 0.05) is 12.2 Å². The number of nitrogens with one attached hydrogen (secondary N) is 2. The topological polar surface area (TPSA) is 67.2 Å². The summed E-state index contributed by atoms with van der Waals surface area (Å²) in [5.41, 5.74) is 7.59. The van der Waals surface area contributed by atoms with E-state index in [4.69, 9.17) is 5.73 Å². The molecule has 0 unspecified atom stereocenters. The second-order valence-electron chi connectivity index (χ2n) is 5.49. The molecule has 0 saturated heterocycles. The van der Waals surface area contributed by atoms with E-state index in [1.807, 2.05) is 31.2 Å². The van der Waals surface area contributed by atoms with Gasteiger partial charge in [-0.05, 0) is 37.5 Å². The van der Waals surface area contributed by atoms with Crippen LogP contribution >= 0.6 is 0 Å². The summed E-state index contributed by atoms with van der Waals surface area (Å²) in [5, 5.41) is 5.96. The maximum absolute atomic E-state index is 12.1. The molecule has 0 bridgehead atoms. The van der Waals surface area contributed by atoms with E-state index >= 15 is 0 Å². The number of urea groups is 1. The Bertz CT molecular complexity index is 439. The second kappa shape index (κ2) is 6.06. The minimum atomic E-state index is -0.216. The van der Waals surface area contributed by atoms with Crippen molar-refractivity contribution in [1.82, 2.24) is 5.32 Å². The quantitative estimate of drug-likeness (QED) is 0.783. The Morgan fingerprint density at radius 2 is 2.05 bits per heavy atom. The third kappa shape index (κ3) is 3.70. The number of nitrogens with two attached hydrogens (primary N) is 1. The van der Waals surface area contributed by atoms with Crippen LogP contribution in [-0.4, -0.2) is 18.1 Å². The Morgan fingerprint density at radius 1 is 1.32 bits per heavy atom. The standard InChI is InChI=1S/C15H23N3O/c1-12-6-5-7-13(10-12)17-14(19)18-15(11-16)8-3-2-4-9-15/h5-7,10H,2-4,8-9,11,16H2,1H3,(H2,17,18,19). The van der Waals surface area contributed by atoms with E-state index in [2.05, 4.69) is 10.6 Å². The van der Waals surface area contributed by atoms with E-state index in [1.165, 1.54) is 6.42 Å². The molecular formula is C15H23N3O. The van der Waals surface area contributed by atoms with E-state index in [-0.39, 0.29) is 11.6 Å². The smallest absolute Gasteiger partial charge is 0.319 e. The summed E-state index contributed by atoms with van der Waals surface area (Å²) >= 11 is 0. The Labute approximate surface area is 114 Å². The van der Waals surface area contributed by atoms with Crippen LogP contribution in [0.3, 0.4) is 0 Å². The molecule has 0 heterocycles. The molecule has 1 fully saturated rings. The van der Waals surface area contributed by atoms with Gasteiger partial charge in [-0.2, -0.15) is 0 Å². The van der Waals surface area contributed by atoms with Crippen molar-refractivity contribution >= 4 is 11.7 Å². The monoisotopic (exact) mass is 261 g/mol. The minimum absolute atomic E-state index is 0.155. The number of benzene rings is 1. The van der Waals surface area contributed by atoms with E-state index in [0.717, 1.165) is 36.9 Å². The first-order valence-corrected chi connectivity index (χ1v) is 6.99. The first-order chi connectivity index (χ1) is 9.13. The molecule has 4 nitrogen and oxygen atoms in total. The minimum Gasteiger partial charge on any atom is -0.331 e. The Hall–Kier alpha value is -1.55. The average Bonchev–Trinajstić information content (AvgIpc) is 2.39. The lowest BCUT2D eigenvalue weighted by atomic mass is 9.82. The lowest BCUT2D eigenvalue weighted by molar-refractivity contribution is 0.215. The van der Waals surface area contributed by atoms with E-state index in [9.17, 15) is 4.79 Å². The van der Waals surface area contributed by atoms with Crippen molar-refractivity contribution in [1.29, 1.82) is 0 Å². The van der Waals surface area contributed by atoms with Crippen molar-refractivity contribution in [2.75, 3.05) is 11.9 Å². The maximum atomic E-state index is 12.1. The van der Waals surface area contributed by atoms with Crippen LogP contribution < -0.4 is 16.4 Å². The van der Waals surface area contributed by atoms with Gasteiger partial charge in [0.25, 0.3) is 0 Å². The molecule has 19 heavy (non-hydrogen) atoms. The largest absolute Gasteiger partial charge is 0.331 e. The highest BCUT2D eigenvalue weighted by atomic mass is 16.2. The lowest BCUT2D eigenvalue weighted by Gasteiger charge is -2.37. The van der Waals surface area contributed by atoms with Gasteiger partial charge in [0.15, 0.2) is 0 Å². The van der Waals surface area contributed by atoms with E-state index in [1.54, 1.807) is 0 Å². The molecule has 1 aromatic carbocycles. The van der Waals surface area contributed by atoms with Crippen LogP contribution in [0.2, 0.25) is 0 Å². The molecule has 2 rings (SSSR count). The van der Waals surface area contributed by atoms with Crippen molar-refractivity contribution in [3.8, 4) is 0 Å².